The Morgan fingerprint density at radius 2 is 1.77 bits per heavy atom. The summed E-state index contributed by atoms with van der Waals surface area (Å²) in [4.78, 5) is 17.1. The van der Waals surface area contributed by atoms with Gasteiger partial charge in [-0.05, 0) is 16.8 Å². The molecule has 0 unspecified atom stereocenters. The fraction of sp³-hybridized carbons (Fsp3) is 0.389. The molecular weight excluding hydrogens is 276 g/mol. The Morgan fingerprint density at radius 3 is 2.55 bits per heavy atom. The normalized spacial score (nSPS) is 16.1. The number of carbonyl (C=O) groups excluding carboxylic acids is 1. The highest BCUT2D eigenvalue weighted by atomic mass is 16.5. The van der Waals surface area contributed by atoms with E-state index < -0.39 is 0 Å². The van der Waals surface area contributed by atoms with E-state index in [9.17, 15) is 4.79 Å². The molecule has 0 N–H and O–H groups in total. The third kappa shape index (κ3) is 3.13. The molecular formula is C18H22N2O2. The van der Waals surface area contributed by atoms with Crippen molar-refractivity contribution in [3.05, 3.63) is 48.0 Å². The monoisotopic (exact) mass is 298 g/mol. The van der Waals surface area contributed by atoms with Gasteiger partial charge in [0.05, 0.1) is 6.61 Å². The number of fused-ring (bicyclic) bond motifs is 1. The summed E-state index contributed by atoms with van der Waals surface area (Å²) in [6, 6.07) is 14.0. The zero-order chi connectivity index (χ0) is 15.4. The van der Waals surface area contributed by atoms with Gasteiger partial charge in [0.1, 0.15) is 0 Å². The van der Waals surface area contributed by atoms with Crippen LogP contribution in [0.1, 0.15) is 10.4 Å². The maximum Gasteiger partial charge on any atom is 0.254 e. The summed E-state index contributed by atoms with van der Waals surface area (Å²) in [7, 11) is 1.72. The largest absolute Gasteiger partial charge is 0.383 e. The van der Waals surface area contributed by atoms with Gasteiger partial charge in [-0.2, -0.15) is 0 Å². The number of rotatable bonds is 4. The lowest BCUT2D eigenvalue weighted by Crippen LogP contribution is -2.49. The topological polar surface area (TPSA) is 32.8 Å². The molecule has 116 valence electrons. The summed E-state index contributed by atoms with van der Waals surface area (Å²) in [5, 5.41) is 2.16. The molecule has 0 aliphatic carbocycles. The quantitative estimate of drug-likeness (QED) is 0.868. The van der Waals surface area contributed by atoms with E-state index in [1.165, 1.54) is 0 Å². The van der Waals surface area contributed by atoms with Gasteiger partial charge in [0.25, 0.3) is 5.91 Å². The van der Waals surface area contributed by atoms with E-state index in [1.54, 1.807) is 7.11 Å². The molecule has 4 heteroatoms. The Kier molecular flexibility index (Phi) is 4.71. The molecule has 2 aromatic carbocycles. The number of ether oxygens (including phenoxy) is 1. The third-order valence-corrected chi connectivity index (χ3v) is 4.29. The molecule has 1 aliphatic heterocycles. The minimum Gasteiger partial charge on any atom is -0.383 e. The minimum absolute atomic E-state index is 0.142. The van der Waals surface area contributed by atoms with Crippen molar-refractivity contribution in [1.82, 2.24) is 9.80 Å². The van der Waals surface area contributed by atoms with E-state index in [2.05, 4.69) is 17.0 Å². The lowest BCUT2D eigenvalue weighted by molar-refractivity contribution is 0.0596. The van der Waals surface area contributed by atoms with Crippen LogP contribution in [-0.4, -0.2) is 62.1 Å². The Morgan fingerprint density at radius 1 is 1.05 bits per heavy atom. The van der Waals surface area contributed by atoms with Crippen LogP contribution in [0.25, 0.3) is 10.8 Å². The molecule has 0 bridgehead atoms. The Labute approximate surface area is 131 Å². The maximum absolute atomic E-state index is 12.8. The molecule has 2 aromatic rings. The summed E-state index contributed by atoms with van der Waals surface area (Å²) in [5.41, 5.74) is 0.809. The highest BCUT2D eigenvalue weighted by Gasteiger charge is 2.22. The second kappa shape index (κ2) is 6.90. The highest BCUT2D eigenvalue weighted by Crippen LogP contribution is 2.20. The van der Waals surface area contributed by atoms with Crippen molar-refractivity contribution >= 4 is 16.7 Å². The standard InChI is InChI=1S/C18H22N2O2/c1-22-14-13-19-9-11-20(12-10-19)18(21)17-8-4-6-15-5-2-3-7-16(15)17/h2-8H,9-14H2,1H3. The number of methoxy groups -OCH3 is 1. The van der Waals surface area contributed by atoms with Crippen molar-refractivity contribution < 1.29 is 9.53 Å². The first kappa shape index (κ1) is 15.0. The lowest BCUT2D eigenvalue weighted by atomic mass is 10.0. The van der Waals surface area contributed by atoms with E-state index in [-0.39, 0.29) is 5.91 Å². The van der Waals surface area contributed by atoms with E-state index in [4.69, 9.17) is 4.74 Å². The van der Waals surface area contributed by atoms with Gasteiger partial charge in [-0.25, -0.2) is 0 Å². The van der Waals surface area contributed by atoms with Gasteiger partial charge >= 0.3 is 0 Å². The number of amides is 1. The number of piperazine rings is 1. The van der Waals surface area contributed by atoms with Gasteiger partial charge in [-0.1, -0.05) is 36.4 Å². The van der Waals surface area contributed by atoms with E-state index in [1.807, 2.05) is 35.2 Å². The van der Waals surface area contributed by atoms with Crippen LogP contribution in [0.5, 0.6) is 0 Å². The van der Waals surface area contributed by atoms with Crippen LogP contribution >= 0.6 is 0 Å². The number of benzene rings is 2. The van der Waals surface area contributed by atoms with Crippen molar-refractivity contribution in [2.24, 2.45) is 0 Å². The molecule has 1 fully saturated rings. The van der Waals surface area contributed by atoms with Crippen LogP contribution in [0.2, 0.25) is 0 Å². The third-order valence-electron chi connectivity index (χ3n) is 4.29. The number of hydrogen-bond acceptors (Lipinski definition) is 3. The molecule has 1 aliphatic rings. The van der Waals surface area contributed by atoms with Crippen LogP contribution < -0.4 is 0 Å². The first-order valence-electron chi connectivity index (χ1n) is 7.78. The zero-order valence-corrected chi connectivity index (χ0v) is 13.0. The van der Waals surface area contributed by atoms with Crippen LogP contribution in [-0.2, 0) is 4.74 Å². The average Bonchev–Trinajstić information content (AvgIpc) is 2.59. The summed E-state index contributed by atoms with van der Waals surface area (Å²) in [6.07, 6.45) is 0. The predicted molar refractivity (Wildman–Crippen MR) is 88.2 cm³/mol. The summed E-state index contributed by atoms with van der Waals surface area (Å²) < 4.78 is 5.11. The molecule has 3 rings (SSSR count). The summed E-state index contributed by atoms with van der Waals surface area (Å²) in [6.45, 7) is 5.08. The van der Waals surface area contributed by atoms with Gasteiger partial charge in [0, 0.05) is 45.4 Å². The molecule has 0 aromatic heterocycles. The highest BCUT2D eigenvalue weighted by molar-refractivity contribution is 6.07. The zero-order valence-electron chi connectivity index (χ0n) is 13.0. The smallest absolute Gasteiger partial charge is 0.254 e. The Balaban J connectivity index is 1.72. The van der Waals surface area contributed by atoms with E-state index >= 15 is 0 Å². The summed E-state index contributed by atoms with van der Waals surface area (Å²) in [5.74, 6) is 0.142. The predicted octanol–water partition coefficient (Wildman–Crippen LogP) is 2.24. The Hall–Kier alpha value is -1.91. The van der Waals surface area contributed by atoms with Gasteiger partial charge in [-0.3, -0.25) is 9.69 Å². The van der Waals surface area contributed by atoms with Gasteiger partial charge < -0.3 is 9.64 Å². The number of nitrogens with zero attached hydrogens (tertiary/aromatic N) is 2. The van der Waals surface area contributed by atoms with Gasteiger partial charge in [-0.15, -0.1) is 0 Å². The molecule has 0 saturated carbocycles. The molecule has 0 atom stereocenters. The molecule has 1 amide bonds. The number of hydrogen-bond donors (Lipinski definition) is 0. The van der Waals surface area contributed by atoms with E-state index in [0.717, 1.165) is 55.7 Å². The fourth-order valence-electron chi connectivity index (χ4n) is 2.98. The van der Waals surface area contributed by atoms with Crippen LogP contribution in [0.15, 0.2) is 42.5 Å². The Bertz CT molecular complexity index is 643. The summed E-state index contributed by atoms with van der Waals surface area (Å²) >= 11 is 0. The molecule has 1 saturated heterocycles. The SMILES string of the molecule is COCCN1CCN(C(=O)c2cccc3ccccc23)CC1. The van der Waals surface area contributed by atoms with Crippen LogP contribution in [0.4, 0.5) is 0 Å². The van der Waals surface area contributed by atoms with Crippen molar-refractivity contribution in [3.8, 4) is 0 Å². The van der Waals surface area contributed by atoms with E-state index in [0.29, 0.717) is 0 Å². The van der Waals surface area contributed by atoms with Gasteiger partial charge in [0.15, 0.2) is 0 Å². The van der Waals surface area contributed by atoms with Crippen molar-refractivity contribution in [2.45, 2.75) is 0 Å². The fourth-order valence-corrected chi connectivity index (χ4v) is 2.98. The molecule has 0 spiro atoms. The lowest BCUT2D eigenvalue weighted by Gasteiger charge is -2.34. The molecule has 4 nitrogen and oxygen atoms in total. The molecule has 1 heterocycles. The molecule has 0 radical (unpaired) electrons. The van der Waals surface area contributed by atoms with Crippen molar-refractivity contribution in [1.29, 1.82) is 0 Å². The second-order valence-electron chi connectivity index (χ2n) is 5.65. The van der Waals surface area contributed by atoms with Crippen LogP contribution in [0.3, 0.4) is 0 Å². The second-order valence-corrected chi connectivity index (χ2v) is 5.65. The van der Waals surface area contributed by atoms with Crippen LogP contribution in [0, 0.1) is 0 Å². The first-order chi connectivity index (χ1) is 10.8. The van der Waals surface area contributed by atoms with Crippen molar-refractivity contribution in [2.75, 3.05) is 46.4 Å². The van der Waals surface area contributed by atoms with Gasteiger partial charge in [0.2, 0.25) is 0 Å². The maximum atomic E-state index is 12.8. The number of carbonyl (C=O) groups is 1. The minimum atomic E-state index is 0.142. The average molecular weight is 298 g/mol. The first-order valence-corrected chi connectivity index (χ1v) is 7.78. The van der Waals surface area contributed by atoms with Crippen molar-refractivity contribution in [3.63, 3.8) is 0 Å². The molecule has 22 heavy (non-hydrogen) atoms.